The van der Waals surface area contributed by atoms with Gasteiger partial charge in [0.2, 0.25) is 0 Å². The molecule has 0 spiro atoms. The molecule has 1 heterocycles. The molecule has 1 aromatic heterocycles. The van der Waals surface area contributed by atoms with E-state index in [0.29, 0.717) is 10.8 Å². The number of benzene rings is 1. The third-order valence-corrected chi connectivity index (χ3v) is 4.11. The van der Waals surface area contributed by atoms with Crippen LogP contribution in [0.15, 0.2) is 24.3 Å². The Kier molecular flexibility index (Phi) is 3.63. The van der Waals surface area contributed by atoms with Gasteiger partial charge in [0.25, 0.3) is 0 Å². The van der Waals surface area contributed by atoms with E-state index in [-0.39, 0.29) is 5.82 Å². The van der Waals surface area contributed by atoms with Gasteiger partial charge in [-0.1, -0.05) is 23.5 Å². The first kappa shape index (κ1) is 13.0. The Morgan fingerprint density at radius 2 is 2.06 bits per heavy atom. The molecular weight excluding hydrogens is 251 g/mol. The number of aliphatic hydroxyl groups is 1. The fourth-order valence-electron chi connectivity index (χ4n) is 1.75. The minimum absolute atomic E-state index is 0.286. The predicted molar refractivity (Wildman–Crippen MR) is 71.9 cm³/mol. The number of rotatable bonds is 3. The molecule has 1 atom stereocenters. The summed E-state index contributed by atoms with van der Waals surface area (Å²) in [4.78, 5) is 6.87. The summed E-state index contributed by atoms with van der Waals surface area (Å²) in [6.45, 7) is 3.55. The first-order chi connectivity index (χ1) is 8.50. The van der Waals surface area contributed by atoms with Crippen LogP contribution in [0.4, 0.5) is 15.2 Å². The van der Waals surface area contributed by atoms with Crippen molar-refractivity contribution in [2.45, 2.75) is 20.0 Å². The van der Waals surface area contributed by atoms with E-state index in [1.165, 1.54) is 17.4 Å². The molecule has 0 saturated carbocycles. The van der Waals surface area contributed by atoms with Crippen molar-refractivity contribution in [3.05, 3.63) is 40.7 Å². The molecule has 0 amide bonds. The van der Waals surface area contributed by atoms with E-state index in [9.17, 15) is 9.50 Å². The minimum Gasteiger partial charge on any atom is -0.388 e. The number of anilines is 2. The maximum Gasteiger partial charge on any atom is 0.190 e. The second-order valence-corrected chi connectivity index (χ2v) is 5.14. The molecule has 0 aliphatic carbocycles. The Hall–Kier alpha value is -1.46. The Morgan fingerprint density at radius 1 is 1.39 bits per heavy atom. The van der Waals surface area contributed by atoms with Gasteiger partial charge in [-0.3, -0.25) is 0 Å². The number of hydrogen-bond acceptors (Lipinski definition) is 4. The molecule has 5 heteroatoms. The Bertz CT molecular complexity index is 554. The maximum atomic E-state index is 13.7. The van der Waals surface area contributed by atoms with Crippen LogP contribution in [0.25, 0.3) is 0 Å². The molecule has 0 bridgehead atoms. The molecule has 3 nitrogen and oxygen atoms in total. The van der Waals surface area contributed by atoms with Crippen LogP contribution in [-0.2, 0) is 0 Å². The quantitative estimate of drug-likeness (QED) is 0.924. The van der Waals surface area contributed by atoms with Crippen LogP contribution < -0.4 is 4.90 Å². The van der Waals surface area contributed by atoms with E-state index in [1.54, 1.807) is 37.1 Å². The molecule has 0 saturated heterocycles. The first-order valence-corrected chi connectivity index (χ1v) is 6.46. The Morgan fingerprint density at radius 3 is 2.61 bits per heavy atom. The third-order valence-electron chi connectivity index (χ3n) is 2.70. The SMILES string of the molecule is Cc1nc(N(C)c2ccccc2F)sc1C(C)O. The van der Waals surface area contributed by atoms with Crippen molar-refractivity contribution in [2.24, 2.45) is 0 Å². The maximum absolute atomic E-state index is 13.7. The van der Waals surface area contributed by atoms with E-state index in [0.717, 1.165) is 10.6 Å². The summed E-state index contributed by atoms with van der Waals surface area (Å²) in [5, 5.41) is 10.3. The molecule has 2 aromatic rings. The smallest absolute Gasteiger partial charge is 0.190 e. The molecule has 1 N–H and O–H groups in total. The van der Waals surface area contributed by atoms with Gasteiger partial charge in [-0.15, -0.1) is 0 Å². The van der Waals surface area contributed by atoms with E-state index < -0.39 is 6.10 Å². The molecule has 0 fully saturated rings. The zero-order valence-electron chi connectivity index (χ0n) is 10.5. The minimum atomic E-state index is -0.551. The number of halogens is 1. The fraction of sp³-hybridized carbons (Fsp3) is 0.308. The van der Waals surface area contributed by atoms with Gasteiger partial charge in [0.05, 0.1) is 22.4 Å². The van der Waals surface area contributed by atoms with Crippen molar-refractivity contribution < 1.29 is 9.50 Å². The molecule has 1 aromatic carbocycles. The molecular formula is C13H15FN2OS. The fourth-order valence-corrected chi connectivity index (χ4v) is 2.73. The van der Waals surface area contributed by atoms with Gasteiger partial charge in [0.1, 0.15) is 5.82 Å². The number of aryl methyl sites for hydroxylation is 1. The van der Waals surface area contributed by atoms with Crippen molar-refractivity contribution in [2.75, 3.05) is 11.9 Å². The van der Waals surface area contributed by atoms with Gasteiger partial charge in [-0.2, -0.15) is 0 Å². The zero-order valence-corrected chi connectivity index (χ0v) is 11.3. The van der Waals surface area contributed by atoms with Crippen molar-refractivity contribution in [3.63, 3.8) is 0 Å². The number of hydrogen-bond donors (Lipinski definition) is 1. The third kappa shape index (κ3) is 2.37. The molecule has 0 aliphatic rings. The lowest BCUT2D eigenvalue weighted by Crippen LogP contribution is -2.10. The molecule has 96 valence electrons. The van der Waals surface area contributed by atoms with Crippen molar-refractivity contribution in [1.29, 1.82) is 0 Å². The van der Waals surface area contributed by atoms with E-state index in [4.69, 9.17) is 0 Å². The standard InChI is InChI=1S/C13H15FN2OS/c1-8-12(9(2)17)18-13(15-8)16(3)11-7-5-4-6-10(11)14/h4-7,9,17H,1-3H3. The number of aliphatic hydroxyl groups excluding tert-OH is 1. The second-order valence-electron chi connectivity index (χ2n) is 4.13. The number of thiazole rings is 1. The lowest BCUT2D eigenvalue weighted by atomic mass is 10.3. The largest absolute Gasteiger partial charge is 0.388 e. The van der Waals surface area contributed by atoms with Crippen molar-refractivity contribution >= 4 is 22.2 Å². The second kappa shape index (κ2) is 5.04. The highest BCUT2D eigenvalue weighted by Crippen LogP contribution is 2.34. The summed E-state index contributed by atoms with van der Waals surface area (Å²) >= 11 is 1.38. The van der Waals surface area contributed by atoms with Gasteiger partial charge >= 0.3 is 0 Å². The van der Waals surface area contributed by atoms with Gasteiger partial charge in [-0.25, -0.2) is 9.37 Å². The predicted octanol–water partition coefficient (Wildman–Crippen LogP) is 3.41. The summed E-state index contributed by atoms with van der Waals surface area (Å²) in [7, 11) is 1.77. The van der Waals surface area contributed by atoms with Gasteiger partial charge in [0.15, 0.2) is 5.13 Å². The highest BCUT2D eigenvalue weighted by Gasteiger charge is 2.17. The number of nitrogens with zero attached hydrogens (tertiary/aromatic N) is 2. The molecule has 2 rings (SSSR count). The van der Waals surface area contributed by atoms with Crippen LogP contribution in [0, 0.1) is 12.7 Å². The van der Waals surface area contributed by atoms with Crippen LogP contribution in [-0.4, -0.2) is 17.1 Å². The van der Waals surface area contributed by atoms with E-state index in [2.05, 4.69) is 4.98 Å². The van der Waals surface area contributed by atoms with Gasteiger partial charge in [-0.05, 0) is 26.0 Å². The normalized spacial score (nSPS) is 12.5. The van der Waals surface area contributed by atoms with Crippen LogP contribution in [0.5, 0.6) is 0 Å². The topological polar surface area (TPSA) is 36.4 Å². The summed E-state index contributed by atoms with van der Waals surface area (Å²) in [6, 6.07) is 6.56. The lowest BCUT2D eigenvalue weighted by molar-refractivity contribution is 0.202. The van der Waals surface area contributed by atoms with E-state index in [1.807, 2.05) is 6.92 Å². The summed E-state index contributed by atoms with van der Waals surface area (Å²) in [5.74, 6) is -0.286. The molecule has 0 radical (unpaired) electrons. The van der Waals surface area contributed by atoms with Crippen LogP contribution in [0.2, 0.25) is 0 Å². The highest BCUT2D eigenvalue weighted by atomic mass is 32.1. The average Bonchev–Trinajstić information content (AvgIpc) is 2.71. The lowest BCUT2D eigenvalue weighted by Gasteiger charge is -2.16. The summed E-state index contributed by atoms with van der Waals surface area (Å²) in [6.07, 6.45) is -0.551. The van der Waals surface area contributed by atoms with Crippen molar-refractivity contribution in [1.82, 2.24) is 4.98 Å². The Labute approximate surface area is 110 Å². The number of aromatic nitrogens is 1. The summed E-state index contributed by atoms with van der Waals surface area (Å²) in [5.41, 5.74) is 1.26. The first-order valence-electron chi connectivity index (χ1n) is 5.64. The van der Waals surface area contributed by atoms with Crippen LogP contribution >= 0.6 is 11.3 Å². The molecule has 18 heavy (non-hydrogen) atoms. The van der Waals surface area contributed by atoms with Crippen LogP contribution in [0.1, 0.15) is 23.6 Å². The van der Waals surface area contributed by atoms with Crippen molar-refractivity contribution in [3.8, 4) is 0 Å². The van der Waals surface area contributed by atoms with Crippen LogP contribution in [0.3, 0.4) is 0 Å². The van der Waals surface area contributed by atoms with E-state index >= 15 is 0 Å². The average molecular weight is 266 g/mol. The number of para-hydroxylation sites is 1. The monoisotopic (exact) mass is 266 g/mol. The Balaban J connectivity index is 2.38. The summed E-state index contributed by atoms with van der Waals surface area (Å²) < 4.78 is 13.7. The molecule has 1 unspecified atom stereocenters. The van der Waals surface area contributed by atoms with Gasteiger partial charge in [0, 0.05) is 7.05 Å². The van der Waals surface area contributed by atoms with Gasteiger partial charge < -0.3 is 10.0 Å². The highest BCUT2D eigenvalue weighted by molar-refractivity contribution is 7.15. The zero-order chi connectivity index (χ0) is 13.3. The molecule has 0 aliphatic heterocycles.